The molecule has 0 atom stereocenters. The number of benzene rings is 1. The van der Waals surface area contributed by atoms with Crippen molar-refractivity contribution in [3.8, 4) is 5.75 Å². The van der Waals surface area contributed by atoms with E-state index in [4.69, 9.17) is 14.1 Å². The molecule has 0 saturated carbocycles. The first-order valence-corrected chi connectivity index (χ1v) is 10.9. The molecule has 2 aromatic rings. The molecule has 1 fully saturated rings. The largest absolute Gasteiger partial charge is 0.495 e. The molecule has 2 N–H and O–H groups in total. The lowest BCUT2D eigenvalue weighted by atomic mass is 10.2. The molecule has 8 heteroatoms. The molecular weight excluding hydrogens is 394 g/mol. The van der Waals surface area contributed by atoms with Crippen LogP contribution in [0, 0.1) is 6.92 Å². The lowest BCUT2D eigenvalue weighted by Gasteiger charge is -2.38. The van der Waals surface area contributed by atoms with E-state index in [-0.39, 0.29) is 5.91 Å². The predicted molar refractivity (Wildman–Crippen MR) is 123 cm³/mol. The summed E-state index contributed by atoms with van der Waals surface area (Å²) in [5.74, 6) is 2.04. The Morgan fingerprint density at radius 2 is 1.94 bits per heavy atom. The van der Waals surface area contributed by atoms with E-state index >= 15 is 0 Å². The third-order valence-electron chi connectivity index (χ3n) is 5.29. The van der Waals surface area contributed by atoms with Crippen molar-refractivity contribution in [3.05, 3.63) is 47.9 Å². The summed E-state index contributed by atoms with van der Waals surface area (Å²) in [5, 5.41) is 6.28. The number of furan rings is 1. The monoisotopic (exact) mass is 427 g/mol. The van der Waals surface area contributed by atoms with Crippen molar-refractivity contribution in [1.82, 2.24) is 15.5 Å². The summed E-state index contributed by atoms with van der Waals surface area (Å²) in [6.45, 7) is 9.55. The number of ether oxygens (including phenoxy) is 1. The van der Waals surface area contributed by atoms with Gasteiger partial charge in [0.1, 0.15) is 5.75 Å². The second kappa shape index (κ2) is 11.3. The number of anilines is 1. The molecule has 8 nitrogen and oxygen atoms in total. The minimum Gasteiger partial charge on any atom is -0.495 e. The first-order valence-electron chi connectivity index (χ1n) is 10.9. The molecule has 1 saturated heterocycles. The van der Waals surface area contributed by atoms with Gasteiger partial charge in [0.2, 0.25) is 0 Å². The predicted octanol–water partition coefficient (Wildman–Crippen LogP) is 2.50. The van der Waals surface area contributed by atoms with Gasteiger partial charge in [0.25, 0.3) is 5.91 Å². The molecule has 2 heterocycles. The lowest BCUT2D eigenvalue weighted by Crippen LogP contribution is -2.52. The van der Waals surface area contributed by atoms with E-state index in [9.17, 15) is 4.79 Å². The summed E-state index contributed by atoms with van der Waals surface area (Å²) in [6.07, 6.45) is 2.30. The van der Waals surface area contributed by atoms with Crippen LogP contribution in [-0.2, 0) is 0 Å². The lowest BCUT2D eigenvalue weighted by molar-refractivity contribution is 0.0925. The molecule has 1 amide bonds. The van der Waals surface area contributed by atoms with Gasteiger partial charge >= 0.3 is 0 Å². The number of carbonyl (C=O) groups is 1. The molecule has 0 radical (unpaired) electrons. The molecule has 0 spiro atoms. The summed E-state index contributed by atoms with van der Waals surface area (Å²) >= 11 is 0. The van der Waals surface area contributed by atoms with E-state index in [1.807, 2.05) is 25.1 Å². The van der Waals surface area contributed by atoms with Crippen molar-refractivity contribution >= 4 is 17.6 Å². The maximum atomic E-state index is 12.1. The van der Waals surface area contributed by atoms with E-state index in [0.29, 0.717) is 18.8 Å². The molecule has 0 bridgehead atoms. The Bertz CT molecular complexity index is 872. The Hall–Kier alpha value is -3.16. The maximum absolute atomic E-state index is 12.1. The second-order valence-electron chi connectivity index (χ2n) is 7.42. The van der Waals surface area contributed by atoms with E-state index in [1.54, 1.807) is 13.2 Å². The van der Waals surface area contributed by atoms with Crippen LogP contribution >= 0.6 is 0 Å². The average molecular weight is 428 g/mol. The normalized spacial score (nSPS) is 14.5. The molecule has 1 aliphatic rings. The quantitative estimate of drug-likeness (QED) is 0.383. The number of rotatable bonds is 8. The molecule has 1 aromatic carbocycles. The molecular formula is C23H33N5O3. The fourth-order valence-corrected chi connectivity index (χ4v) is 3.63. The van der Waals surface area contributed by atoms with Gasteiger partial charge in [0.05, 0.1) is 19.1 Å². The van der Waals surface area contributed by atoms with Gasteiger partial charge in [-0.15, -0.1) is 0 Å². The summed E-state index contributed by atoms with van der Waals surface area (Å²) in [4.78, 5) is 21.5. The van der Waals surface area contributed by atoms with Gasteiger partial charge < -0.3 is 29.6 Å². The number of aliphatic imine (C=N–C) groups is 1. The SMILES string of the molecule is CCNC(=NCCCNC(=O)c1occc1C)N1CCN(c2ccccc2OC)CC1. The minimum atomic E-state index is -0.175. The van der Waals surface area contributed by atoms with Crippen molar-refractivity contribution in [2.45, 2.75) is 20.3 Å². The van der Waals surface area contributed by atoms with Crippen molar-refractivity contribution in [2.75, 3.05) is 57.8 Å². The first kappa shape index (κ1) is 22.5. The number of aryl methyl sites for hydroxylation is 1. The van der Waals surface area contributed by atoms with E-state index in [0.717, 1.165) is 62.1 Å². The van der Waals surface area contributed by atoms with Crippen LogP contribution in [0.1, 0.15) is 29.5 Å². The number of para-hydroxylation sites is 2. The Balaban J connectivity index is 1.47. The molecule has 0 aliphatic carbocycles. The Morgan fingerprint density at radius 1 is 1.16 bits per heavy atom. The van der Waals surface area contributed by atoms with E-state index in [1.165, 1.54) is 6.26 Å². The van der Waals surface area contributed by atoms with E-state index < -0.39 is 0 Å². The standard InChI is InChI=1S/C23H33N5O3/c1-4-24-23(26-12-7-11-25-22(29)21-18(2)10-17-31-21)28-15-13-27(14-16-28)19-8-5-6-9-20(19)30-3/h5-6,8-10,17H,4,7,11-16H2,1-3H3,(H,24,26)(H,25,29). The van der Waals surface area contributed by atoms with Crippen molar-refractivity contribution in [2.24, 2.45) is 4.99 Å². The molecule has 168 valence electrons. The van der Waals surface area contributed by atoms with Gasteiger partial charge in [0, 0.05) is 51.4 Å². The fraction of sp³-hybridized carbons (Fsp3) is 0.478. The zero-order valence-electron chi connectivity index (χ0n) is 18.7. The zero-order valence-corrected chi connectivity index (χ0v) is 18.7. The van der Waals surface area contributed by atoms with E-state index in [2.05, 4.69) is 33.4 Å². The van der Waals surface area contributed by atoms with Crippen LogP contribution in [0.2, 0.25) is 0 Å². The first-order chi connectivity index (χ1) is 15.1. The summed E-state index contributed by atoms with van der Waals surface area (Å²) in [7, 11) is 1.71. The van der Waals surface area contributed by atoms with Gasteiger partial charge in [0.15, 0.2) is 11.7 Å². The average Bonchev–Trinajstić information content (AvgIpc) is 3.24. The number of carbonyl (C=O) groups excluding carboxylic acids is 1. The van der Waals surface area contributed by atoms with Crippen molar-refractivity contribution in [3.63, 3.8) is 0 Å². The molecule has 3 rings (SSSR count). The number of piperazine rings is 1. The van der Waals surface area contributed by atoms with Crippen LogP contribution in [-0.4, -0.2) is 69.7 Å². The molecule has 0 unspecified atom stereocenters. The molecule has 1 aliphatic heterocycles. The van der Waals surface area contributed by atoms with Crippen LogP contribution in [0.15, 0.2) is 46.0 Å². The number of guanidine groups is 1. The maximum Gasteiger partial charge on any atom is 0.287 e. The fourth-order valence-electron chi connectivity index (χ4n) is 3.63. The van der Waals surface area contributed by atoms with Gasteiger partial charge in [-0.3, -0.25) is 9.79 Å². The van der Waals surface area contributed by atoms with Gasteiger partial charge in [-0.2, -0.15) is 0 Å². The highest BCUT2D eigenvalue weighted by atomic mass is 16.5. The summed E-state index contributed by atoms with van der Waals surface area (Å²) in [5.41, 5.74) is 1.98. The van der Waals surface area contributed by atoms with Crippen LogP contribution in [0.3, 0.4) is 0 Å². The molecule has 1 aromatic heterocycles. The number of hydrogen-bond acceptors (Lipinski definition) is 5. The summed E-state index contributed by atoms with van der Waals surface area (Å²) in [6, 6.07) is 9.93. The zero-order chi connectivity index (χ0) is 22.1. The number of nitrogens with one attached hydrogen (secondary N) is 2. The number of nitrogens with zero attached hydrogens (tertiary/aromatic N) is 3. The number of hydrogen-bond donors (Lipinski definition) is 2. The van der Waals surface area contributed by atoms with Crippen LogP contribution < -0.4 is 20.3 Å². The highest BCUT2D eigenvalue weighted by molar-refractivity contribution is 5.92. The minimum absolute atomic E-state index is 0.175. The van der Waals surface area contributed by atoms with Gasteiger partial charge in [-0.25, -0.2) is 0 Å². The third-order valence-corrected chi connectivity index (χ3v) is 5.29. The topological polar surface area (TPSA) is 82.3 Å². The van der Waals surface area contributed by atoms with Crippen molar-refractivity contribution in [1.29, 1.82) is 0 Å². The Labute approximate surface area is 184 Å². The number of methoxy groups -OCH3 is 1. The van der Waals surface area contributed by atoms with Crippen LogP contribution in [0.5, 0.6) is 5.75 Å². The Morgan fingerprint density at radius 3 is 2.61 bits per heavy atom. The Kier molecular flexibility index (Phi) is 8.20. The highest BCUT2D eigenvalue weighted by Crippen LogP contribution is 2.28. The third kappa shape index (κ3) is 5.93. The molecule has 31 heavy (non-hydrogen) atoms. The van der Waals surface area contributed by atoms with Gasteiger partial charge in [-0.1, -0.05) is 12.1 Å². The number of amides is 1. The van der Waals surface area contributed by atoms with Crippen LogP contribution in [0.4, 0.5) is 5.69 Å². The van der Waals surface area contributed by atoms with Gasteiger partial charge in [-0.05, 0) is 38.5 Å². The second-order valence-corrected chi connectivity index (χ2v) is 7.42. The van der Waals surface area contributed by atoms with Crippen molar-refractivity contribution < 1.29 is 13.9 Å². The summed E-state index contributed by atoms with van der Waals surface area (Å²) < 4.78 is 10.7. The highest BCUT2D eigenvalue weighted by Gasteiger charge is 2.21. The smallest absolute Gasteiger partial charge is 0.287 e. The van der Waals surface area contributed by atoms with Crippen LogP contribution in [0.25, 0.3) is 0 Å².